The lowest BCUT2D eigenvalue weighted by molar-refractivity contribution is -0.384. The van der Waals surface area contributed by atoms with Gasteiger partial charge >= 0.3 is 0 Å². The van der Waals surface area contributed by atoms with Gasteiger partial charge < -0.3 is 15.4 Å². The number of anilines is 2. The smallest absolute Gasteiger partial charge is 0.292 e. The maximum Gasteiger partial charge on any atom is 0.292 e. The third kappa shape index (κ3) is 3.60. The van der Waals surface area contributed by atoms with Crippen LogP contribution in [-0.2, 0) is 4.79 Å². The number of amides is 1. The molecule has 1 aromatic heterocycles. The van der Waals surface area contributed by atoms with Crippen molar-refractivity contribution in [2.75, 3.05) is 17.7 Å². The molecule has 0 aliphatic heterocycles. The van der Waals surface area contributed by atoms with E-state index in [0.717, 1.165) is 12.8 Å². The predicted octanol–water partition coefficient (Wildman–Crippen LogP) is 3.17. The second kappa shape index (κ2) is 6.53. The van der Waals surface area contributed by atoms with Crippen LogP contribution in [0.3, 0.4) is 0 Å². The molecular weight excluding hydrogens is 312 g/mol. The molecule has 2 aromatic rings. The van der Waals surface area contributed by atoms with Crippen LogP contribution in [0.25, 0.3) is 0 Å². The van der Waals surface area contributed by atoms with Crippen molar-refractivity contribution in [1.29, 1.82) is 0 Å². The Balaban J connectivity index is 1.75. The molecule has 1 amide bonds. The topological polar surface area (TPSA) is 106 Å². The summed E-state index contributed by atoms with van der Waals surface area (Å²) in [7, 11) is 1.60. The standard InChI is InChI=1S/C16H16N4O4/c1-17-13-8-11(4-5-14(13)20(22)23)24-12-6-7-18-15(9-12)19-16(21)10-2-3-10/h4-10,17H,2-3H2,1H3,(H,18,19,21). The largest absolute Gasteiger partial charge is 0.457 e. The number of pyridine rings is 1. The number of nitrogens with one attached hydrogen (secondary N) is 2. The number of rotatable bonds is 6. The molecule has 1 saturated carbocycles. The molecule has 0 radical (unpaired) electrons. The first-order valence-corrected chi connectivity index (χ1v) is 7.48. The van der Waals surface area contributed by atoms with Crippen molar-refractivity contribution in [2.24, 2.45) is 5.92 Å². The van der Waals surface area contributed by atoms with Crippen LogP contribution in [0, 0.1) is 16.0 Å². The molecule has 0 spiro atoms. The SMILES string of the molecule is CNc1cc(Oc2ccnc(NC(=O)C3CC3)c2)ccc1[N+](=O)[O-]. The Hall–Kier alpha value is -3.16. The lowest BCUT2D eigenvalue weighted by Crippen LogP contribution is -2.14. The summed E-state index contributed by atoms with van der Waals surface area (Å²) in [6, 6.07) is 7.69. The number of benzene rings is 1. The number of aromatic nitrogens is 1. The molecule has 8 heteroatoms. The van der Waals surface area contributed by atoms with Gasteiger partial charge in [0.1, 0.15) is 23.0 Å². The van der Waals surface area contributed by atoms with E-state index >= 15 is 0 Å². The van der Waals surface area contributed by atoms with Crippen LogP contribution in [0.5, 0.6) is 11.5 Å². The number of carbonyl (C=O) groups excluding carboxylic acids is 1. The zero-order chi connectivity index (χ0) is 17.1. The Morgan fingerprint density at radius 3 is 2.71 bits per heavy atom. The highest BCUT2D eigenvalue weighted by Gasteiger charge is 2.29. The summed E-state index contributed by atoms with van der Waals surface area (Å²) in [6.45, 7) is 0. The van der Waals surface area contributed by atoms with Crippen molar-refractivity contribution >= 4 is 23.1 Å². The summed E-state index contributed by atoms with van der Waals surface area (Å²) in [4.78, 5) is 26.3. The van der Waals surface area contributed by atoms with Crippen LogP contribution in [0.1, 0.15) is 12.8 Å². The number of carbonyl (C=O) groups is 1. The van der Waals surface area contributed by atoms with Crippen molar-refractivity contribution in [3.05, 3.63) is 46.6 Å². The van der Waals surface area contributed by atoms with Crippen LogP contribution in [0.2, 0.25) is 0 Å². The quantitative estimate of drug-likeness (QED) is 0.623. The predicted molar refractivity (Wildman–Crippen MR) is 88.3 cm³/mol. The van der Waals surface area contributed by atoms with Gasteiger partial charge in [0.25, 0.3) is 5.69 Å². The fraction of sp³-hybridized carbons (Fsp3) is 0.250. The van der Waals surface area contributed by atoms with Gasteiger partial charge in [0.15, 0.2) is 0 Å². The van der Waals surface area contributed by atoms with Gasteiger partial charge in [0.05, 0.1) is 4.92 Å². The van der Waals surface area contributed by atoms with Gasteiger partial charge in [-0.15, -0.1) is 0 Å². The van der Waals surface area contributed by atoms with Crippen molar-refractivity contribution in [3.63, 3.8) is 0 Å². The van der Waals surface area contributed by atoms with Crippen LogP contribution in [0.15, 0.2) is 36.5 Å². The Morgan fingerprint density at radius 1 is 1.29 bits per heavy atom. The fourth-order valence-electron chi connectivity index (χ4n) is 2.19. The molecule has 1 fully saturated rings. The Kier molecular flexibility index (Phi) is 4.28. The van der Waals surface area contributed by atoms with Gasteiger partial charge in [-0.25, -0.2) is 4.98 Å². The molecule has 3 rings (SSSR count). The number of nitro benzene ring substituents is 1. The molecule has 0 saturated heterocycles. The van der Waals surface area contributed by atoms with E-state index in [2.05, 4.69) is 15.6 Å². The lowest BCUT2D eigenvalue weighted by Gasteiger charge is -2.09. The average Bonchev–Trinajstić information content (AvgIpc) is 3.39. The number of nitro groups is 1. The molecule has 8 nitrogen and oxygen atoms in total. The van der Waals surface area contributed by atoms with Gasteiger partial charge in [0, 0.05) is 37.4 Å². The van der Waals surface area contributed by atoms with Crippen molar-refractivity contribution < 1.29 is 14.5 Å². The van der Waals surface area contributed by atoms with E-state index < -0.39 is 4.92 Å². The van der Waals surface area contributed by atoms with E-state index in [9.17, 15) is 14.9 Å². The molecule has 24 heavy (non-hydrogen) atoms. The van der Waals surface area contributed by atoms with E-state index in [-0.39, 0.29) is 17.5 Å². The Labute approximate surface area is 138 Å². The van der Waals surface area contributed by atoms with E-state index in [1.165, 1.54) is 18.3 Å². The number of hydrogen-bond donors (Lipinski definition) is 2. The molecule has 124 valence electrons. The summed E-state index contributed by atoms with van der Waals surface area (Å²) in [5, 5.41) is 16.4. The number of nitrogens with zero attached hydrogens (tertiary/aromatic N) is 2. The lowest BCUT2D eigenvalue weighted by atomic mass is 10.2. The summed E-state index contributed by atoms with van der Waals surface area (Å²) in [5.74, 6) is 1.39. The van der Waals surface area contributed by atoms with Crippen molar-refractivity contribution in [1.82, 2.24) is 4.98 Å². The zero-order valence-corrected chi connectivity index (χ0v) is 13.0. The molecule has 1 aliphatic rings. The minimum atomic E-state index is -0.465. The van der Waals surface area contributed by atoms with E-state index in [1.54, 1.807) is 25.2 Å². The van der Waals surface area contributed by atoms with E-state index in [0.29, 0.717) is 23.0 Å². The van der Waals surface area contributed by atoms with Gasteiger partial charge in [-0.1, -0.05) is 0 Å². The summed E-state index contributed by atoms with van der Waals surface area (Å²) < 4.78 is 5.70. The Bertz CT molecular complexity index is 789. The fourth-order valence-corrected chi connectivity index (χ4v) is 2.19. The molecule has 1 aromatic carbocycles. The van der Waals surface area contributed by atoms with Gasteiger partial charge in [-0.3, -0.25) is 14.9 Å². The molecule has 2 N–H and O–H groups in total. The highest BCUT2D eigenvalue weighted by Crippen LogP contribution is 2.32. The third-order valence-electron chi connectivity index (χ3n) is 3.60. The third-order valence-corrected chi connectivity index (χ3v) is 3.60. The average molecular weight is 328 g/mol. The molecule has 0 atom stereocenters. The maximum atomic E-state index is 11.8. The first-order chi connectivity index (χ1) is 11.6. The van der Waals surface area contributed by atoms with E-state index in [4.69, 9.17) is 4.74 Å². The monoisotopic (exact) mass is 328 g/mol. The summed E-state index contributed by atoms with van der Waals surface area (Å²) in [5.41, 5.74) is 0.325. The second-order valence-electron chi connectivity index (χ2n) is 5.43. The van der Waals surface area contributed by atoms with Crippen LogP contribution in [0.4, 0.5) is 17.2 Å². The van der Waals surface area contributed by atoms with Gasteiger partial charge in [-0.05, 0) is 25.0 Å². The highest BCUT2D eigenvalue weighted by atomic mass is 16.6. The minimum absolute atomic E-state index is 0.0306. The summed E-state index contributed by atoms with van der Waals surface area (Å²) >= 11 is 0. The molecule has 1 heterocycles. The first kappa shape index (κ1) is 15.7. The molecule has 0 unspecified atom stereocenters. The molecular formula is C16H16N4O4. The maximum absolute atomic E-state index is 11.8. The zero-order valence-electron chi connectivity index (χ0n) is 13.0. The Morgan fingerprint density at radius 2 is 2.04 bits per heavy atom. The van der Waals surface area contributed by atoms with Crippen molar-refractivity contribution in [3.8, 4) is 11.5 Å². The normalized spacial score (nSPS) is 13.2. The molecule has 0 bridgehead atoms. The van der Waals surface area contributed by atoms with Gasteiger partial charge in [-0.2, -0.15) is 0 Å². The van der Waals surface area contributed by atoms with Crippen LogP contribution < -0.4 is 15.4 Å². The first-order valence-electron chi connectivity index (χ1n) is 7.48. The summed E-state index contributed by atoms with van der Waals surface area (Å²) in [6.07, 6.45) is 3.36. The second-order valence-corrected chi connectivity index (χ2v) is 5.43. The minimum Gasteiger partial charge on any atom is -0.457 e. The number of ether oxygens (including phenoxy) is 1. The van der Waals surface area contributed by atoms with Crippen LogP contribution >= 0.6 is 0 Å². The van der Waals surface area contributed by atoms with Crippen LogP contribution in [-0.4, -0.2) is 22.9 Å². The van der Waals surface area contributed by atoms with E-state index in [1.807, 2.05) is 0 Å². The molecule has 1 aliphatic carbocycles. The van der Waals surface area contributed by atoms with Crippen molar-refractivity contribution in [2.45, 2.75) is 12.8 Å². The number of hydrogen-bond acceptors (Lipinski definition) is 6. The highest BCUT2D eigenvalue weighted by molar-refractivity contribution is 5.93. The van der Waals surface area contributed by atoms with Gasteiger partial charge in [0.2, 0.25) is 5.91 Å².